The third kappa shape index (κ3) is 2.66. The second-order valence-corrected chi connectivity index (χ2v) is 3.43. The number of ether oxygens (including phenoxy) is 1. The molecule has 0 spiro atoms. The van der Waals surface area contributed by atoms with Crippen LogP contribution in [0.4, 0.5) is 4.39 Å². The third-order valence-electron chi connectivity index (χ3n) is 2.51. The zero-order valence-electron chi connectivity index (χ0n) is 7.70. The fourth-order valence-electron chi connectivity index (χ4n) is 1.66. The van der Waals surface area contributed by atoms with E-state index in [9.17, 15) is 9.18 Å². The van der Waals surface area contributed by atoms with E-state index in [0.717, 1.165) is 6.42 Å². The largest absolute Gasteiger partial charge is 0.479 e. The Hall–Kier alpha value is -0.640. The van der Waals surface area contributed by atoms with Gasteiger partial charge >= 0.3 is 5.97 Å². The number of alkyl halides is 1. The lowest BCUT2D eigenvalue weighted by atomic mass is 9.90. The summed E-state index contributed by atoms with van der Waals surface area (Å²) >= 11 is 0. The molecule has 0 amide bonds. The van der Waals surface area contributed by atoms with Crippen molar-refractivity contribution in [3.8, 4) is 0 Å². The summed E-state index contributed by atoms with van der Waals surface area (Å²) in [6.07, 6.45) is 0.186. The van der Waals surface area contributed by atoms with E-state index in [4.69, 9.17) is 9.84 Å². The SMILES string of the molecule is CCC1CC(C(F)C(=O)O)CCO1. The van der Waals surface area contributed by atoms with Crippen LogP contribution in [0.5, 0.6) is 0 Å². The number of halogens is 1. The zero-order valence-corrected chi connectivity index (χ0v) is 7.70. The van der Waals surface area contributed by atoms with Crippen LogP contribution < -0.4 is 0 Å². The fraction of sp³-hybridized carbons (Fsp3) is 0.889. The molecule has 3 nitrogen and oxygen atoms in total. The van der Waals surface area contributed by atoms with E-state index < -0.39 is 12.1 Å². The van der Waals surface area contributed by atoms with E-state index in [1.54, 1.807) is 0 Å². The van der Waals surface area contributed by atoms with Crippen molar-refractivity contribution in [3.05, 3.63) is 0 Å². The monoisotopic (exact) mass is 190 g/mol. The summed E-state index contributed by atoms with van der Waals surface area (Å²) in [6, 6.07) is 0. The summed E-state index contributed by atoms with van der Waals surface area (Å²) in [7, 11) is 0. The first-order chi connectivity index (χ1) is 6.15. The van der Waals surface area contributed by atoms with Crippen LogP contribution in [-0.2, 0) is 9.53 Å². The second kappa shape index (κ2) is 4.56. The lowest BCUT2D eigenvalue weighted by Crippen LogP contribution is -2.34. The molecule has 0 aromatic heterocycles. The first-order valence-corrected chi connectivity index (χ1v) is 4.63. The smallest absolute Gasteiger partial charge is 0.338 e. The van der Waals surface area contributed by atoms with E-state index in [1.165, 1.54) is 0 Å². The Morgan fingerprint density at radius 2 is 2.46 bits per heavy atom. The van der Waals surface area contributed by atoms with Gasteiger partial charge in [-0.05, 0) is 19.3 Å². The molecule has 1 rings (SSSR count). The van der Waals surface area contributed by atoms with Gasteiger partial charge in [-0.3, -0.25) is 0 Å². The summed E-state index contributed by atoms with van der Waals surface area (Å²) in [6.45, 7) is 2.44. The number of carbonyl (C=O) groups is 1. The predicted molar refractivity (Wildman–Crippen MR) is 45.3 cm³/mol. The first kappa shape index (κ1) is 10.4. The second-order valence-electron chi connectivity index (χ2n) is 3.43. The molecule has 1 fully saturated rings. The molecule has 3 unspecified atom stereocenters. The number of rotatable bonds is 3. The van der Waals surface area contributed by atoms with Gasteiger partial charge in [-0.25, -0.2) is 9.18 Å². The van der Waals surface area contributed by atoms with Crippen molar-refractivity contribution in [2.75, 3.05) is 6.61 Å². The Kier molecular flexibility index (Phi) is 3.66. The van der Waals surface area contributed by atoms with Gasteiger partial charge in [-0.1, -0.05) is 6.92 Å². The summed E-state index contributed by atoms with van der Waals surface area (Å²) < 4.78 is 18.4. The van der Waals surface area contributed by atoms with Gasteiger partial charge in [0.1, 0.15) is 0 Å². The molecule has 76 valence electrons. The normalized spacial score (nSPS) is 31.2. The van der Waals surface area contributed by atoms with Crippen LogP contribution in [0, 0.1) is 5.92 Å². The number of aliphatic carboxylic acids is 1. The highest BCUT2D eigenvalue weighted by Crippen LogP contribution is 2.26. The van der Waals surface area contributed by atoms with E-state index in [1.807, 2.05) is 6.92 Å². The molecular weight excluding hydrogens is 175 g/mol. The lowest BCUT2D eigenvalue weighted by Gasteiger charge is -2.29. The van der Waals surface area contributed by atoms with E-state index in [-0.39, 0.29) is 12.0 Å². The maximum atomic E-state index is 13.1. The van der Waals surface area contributed by atoms with Crippen molar-refractivity contribution in [1.29, 1.82) is 0 Å². The lowest BCUT2D eigenvalue weighted by molar-refractivity contribution is -0.147. The van der Waals surface area contributed by atoms with Crippen LogP contribution in [0.1, 0.15) is 26.2 Å². The molecular formula is C9H15FO3. The van der Waals surface area contributed by atoms with Gasteiger partial charge in [-0.2, -0.15) is 0 Å². The molecule has 0 bridgehead atoms. The van der Waals surface area contributed by atoms with Crippen LogP contribution in [0.25, 0.3) is 0 Å². The molecule has 4 heteroatoms. The molecule has 1 aliphatic rings. The molecule has 1 heterocycles. The number of carboxylic acid groups (broad SMARTS) is 1. The highest BCUT2D eigenvalue weighted by molar-refractivity contribution is 5.72. The Morgan fingerprint density at radius 1 is 1.77 bits per heavy atom. The van der Waals surface area contributed by atoms with Crippen molar-refractivity contribution < 1.29 is 19.0 Å². The summed E-state index contributed by atoms with van der Waals surface area (Å²) in [5.74, 6) is -1.71. The Bertz CT molecular complexity index is 184. The average Bonchev–Trinajstić information content (AvgIpc) is 2.16. The third-order valence-corrected chi connectivity index (χ3v) is 2.51. The molecule has 1 aliphatic heterocycles. The number of hydrogen-bond donors (Lipinski definition) is 1. The van der Waals surface area contributed by atoms with E-state index in [2.05, 4.69) is 0 Å². The minimum absolute atomic E-state index is 0.0383. The molecule has 0 aromatic rings. The zero-order chi connectivity index (χ0) is 9.84. The van der Waals surface area contributed by atoms with E-state index >= 15 is 0 Å². The molecule has 13 heavy (non-hydrogen) atoms. The van der Waals surface area contributed by atoms with Gasteiger partial charge in [0.15, 0.2) is 6.17 Å². The molecule has 0 saturated carbocycles. The van der Waals surface area contributed by atoms with Crippen molar-refractivity contribution in [3.63, 3.8) is 0 Å². The summed E-state index contributed by atoms with van der Waals surface area (Å²) in [4.78, 5) is 10.4. The summed E-state index contributed by atoms with van der Waals surface area (Å²) in [5.41, 5.74) is 0. The molecule has 1 N–H and O–H groups in total. The van der Waals surface area contributed by atoms with Gasteiger partial charge in [0.2, 0.25) is 0 Å². The molecule has 0 aromatic carbocycles. The van der Waals surface area contributed by atoms with Crippen molar-refractivity contribution in [1.82, 2.24) is 0 Å². The molecule has 1 saturated heterocycles. The van der Waals surface area contributed by atoms with Gasteiger partial charge in [0.05, 0.1) is 6.10 Å². The predicted octanol–water partition coefficient (Wildman–Crippen LogP) is 1.61. The van der Waals surface area contributed by atoms with Gasteiger partial charge in [0.25, 0.3) is 0 Å². The molecule has 0 aliphatic carbocycles. The average molecular weight is 190 g/mol. The minimum Gasteiger partial charge on any atom is -0.479 e. The van der Waals surface area contributed by atoms with Crippen molar-refractivity contribution >= 4 is 5.97 Å². The highest BCUT2D eigenvalue weighted by Gasteiger charge is 2.32. The molecule has 3 atom stereocenters. The van der Waals surface area contributed by atoms with E-state index in [0.29, 0.717) is 19.4 Å². The maximum Gasteiger partial charge on any atom is 0.338 e. The summed E-state index contributed by atoms with van der Waals surface area (Å²) in [5, 5.41) is 8.48. The van der Waals surface area contributed by atoms with Crippen molar-refractivity contribution in [2.24, 2.45) is 5.92 Å². The maximum absolute atomic E-state index is 13.1. The van der Waals surface area contributed by atoms with Gasteiger partial charge < -0.3 is 9.84 Å². The van der Waals surface area contributed by atoms with Crippen LogP contribution in [0.3, 0.4) is 0 Å². The minimum atomic E-state index is -1.72. The Morgan fingerprint density at radius 3 is 3.00 bits per heavy atom. The van der Waals surface area contributed by atoms with Crippen molar-refractivity contribution in [2.45, 2.75) is 38.5 Å². The standard InChI is InChI=1S/C9H15FO3/c1-2-7-5-6(3-4-13-7)8(10)9(11)12/h6-8H,2-5H2,1H3,(H,11,12). The highest BCUT2D eigenvalue weighted by atomic mass is 19.1. The Balaban J connectivity index is 2.46. The van der Waals surface area contributed by atoms with Crippen LogP contribution in [-0.4, -0.2) is 30.0 Å². The number of carboxylic acids is 1. The van der Waals surface area contributed by atoms with Gasteiger partial charge in [0, 0.05) is 12.5 Å². The topological polar surface area (TPSA) is 46.5 Å². The van der Waals surface area contributed by atoms with Crippen LogP contribution in [0.15, 0.2) is 0 Å². The fourth-order valence-corrected chi connectivity index (χ4v) is 1.66. The van der Waals surface area contributed by atoms with Crippen LogP contribution in [0.2, 0.25) is 0 Å². The van der Waals surface area contributed by atoms with Gasteiger partial charge in [-0.15, -0.1) is 0 Å². The number of hydrogen-bond acceptors (Lipinski definition) is 2. The quantitative estimate of drug-likeness (QED) is 0.735. The van der Waals surface area contributed by atoms with Crippen LogP contribution >= 0.6 is 0 Å². The Labute approximate surface area is 76.9 Å². The first-order valence-electron chi connectivity index (χ1n) is 4.63. The molecule has 0 radical (unpaired) electrons.